The van der Waals surface area contributed by atoms with E-state index in [1.165, 1.54) is 12.1 Å². The van der Waals surface area contributed by atoms with Crippen molar-refractivity contribution in [3.05, 3.63) is 84.1 Å². The Hall–Kier alpha value is -4.91. The van der Waals surface area contributed by atoms with E-state index in [1.54, 1.807) is 12.3 Å². The molecule has 0 spiro atoms. The fourth-order valence-corrected chi connectivity index (χ4v) is 5.29. The van der Waals surface area contributed by atoms with Gasteiger partial charge in [0.1, 0.15) is 17.5 Å². The van der Waals surface area contributed by atoms with Crippen LogP contribution in [0, 0.1) is 11.3 Å². The summed E-state index contributed by atoms with van der Waals surface area (Å²) in [7, 11) is 0. The predicted octanol–water partition coefficient (Wildman–Crippen LogP) is 6.46. The first-order valence-corrected chi connectivity index (χ1v) is 13.3. The maximum absolute atomic E-state index is 13.3. The van der Waals surface area contributed by atoms with Gasteiger partial charge in [-0.2, -0.15) is 23.4 Å². The van der Waals surface area contributed by atoms with Crippen molar-refractivity contribution in [2.75, 3.05) is 42.6 Å². The summed E-state index contributed by atoms with van der Waals surface area (Å²) in [5, 5.41) is 11.6. The van der Waals surface area contributed by atoms with Gasteiger partial charge in [-0.05, 0) is 42.8 Å². The lowest BCUT2D eigenvalue weighted by Crippen LogP contribution is -2.47. The summed E-state index contributed by atoms with van der Waals surface area (Å²) in [5.74, 6) is 0.972. The third-order valence-electron chi connectivity index (χ3n) is 7.22. The second-order valence-electron chi connectivity index (χ2n) is 9.66. The van der Waals surface area contributed by atoms with Crippen molar-refractivity contribution < 1.29 is 17.9 Å². The molecule has 2 aromatic carbocycles. The maximum atomic E-state index is 13.3. The normalized spacial score (nSPS) is 13.9. The molecule has 1 aliphatic rings. The number of ether oxygens (including phenoxy) is 1. The highest BCUT2D eigenvalue weighted by Crippen LogP contribution is 2.38. The highest BCUT2D eigenvalue weighted by molar-refractivity contribution is 6.04. The highest BCUT2D eigenvalue weighted by atomic mass is 19.4. The minimum Gasteiger partial charge on any atom is -0.477 e. The van der Waals surface area contributed by atoms with Crippen LogP contribution < -0.4 is 14.5 Å². The molecule has 0 N–H and O–H groups in total. The molecule has 4 heterocycles. The minimum absolute atomic E-state index is 0.244. The zero-order chi connectivity index (χ0) is 28.6. The lowest BCUT2D eigenvalue weighted by Gasteiger charge is -2.37. The Labute approximate surface area is 234 Å². The Morgan fingerprint density at radius 2 is 1.66 bits per heavy atom. The second-order valence-corrected chi connectivity index (χ2v) is 9.66. The monoisotopic (exact) mass is 554 g/mol. The van der Waals surface area contributed by atoms with E-state index < -0.39 is 11.7 Å². The number of aromatic nitrogens is 3. The van der Waals surface area contributed by atoms with Gasteiger partial charge in [0.05, 0.1) is 17.7 Å². The topological polar surface area (TPSA) is 78.2 Å². The molecule has 6 rings (SSSR count). The Morgan fingerprint density at radius 3 is 2.37 bits per heavy atom. The van der Waals surface area contributed by atoms with Crippen LogP contribution >= 0.6 is 0 Å². The van der Waals surface area contributed by atoms with Crippen LogP contribution in [0.2, 0.25) is 0 Å². The van der Waals surface area contributed by atoms with Crippen molar-refractivity contribution in [2.45, 2.75) is 13.1 Å². The van der Waals surface area contributed by atoms with Crippen LogP contribution in [-0.2, 0) is 6.18 Å². The number of piperazine rings is 1. The summed E-state index contributed by atoms with van der Waals surface area (Å²) in [6.45, 7) is 4.40. The molecular formula is C31H25F3N6O. The number of rotatable bonds is 5. The zero-order valence-corrected chi connectivity index (χ0v) is 22.2. The molecule has 0 bridgehead atoms. The number of nitrogens with zero attached hydrogens (tertiary/aromatic N) is 6. The van der Waals surface area contributed by atoms with Crippen LogP contribution in [0.25, 0.3) is 33.1 Å². The largest absolute Gasteiger partial charge is 0.477 e. The van der Waals surface area contributed by atoms with E-state index in [2.05, 4.69) is 20.9 Å². The molecule has 1 fully saturated rings. The smallest absolute Gasteiger partial charge is 0.416 e. The maximum Gasteiger partial charge on any atom is 0.416 e. The van der Waals surface area contributed by atoms with Gasteiger partial charge in [0.15, 0.2) is 5.65 Å². The molecule has 0 radical (unpaired) electrons. The summed E-state index contributed by atoms with van der Waals surface area (Å²) in [6.07, 6.45) is -2.69. The highest BCUT2D eigenvalue weighted by Gasteiger charge is 2.31. The second kappa shape index (κ2) is 10.6. The van der Waals surface area contributed by atoms with Crippen LogP contribution in [0.3, 0.4) is 0 Å². The van der Waals surface area contributed by atoms with E-state index in [4.69, 9.17) is 9.72 Å². The van der Waals surface area contributed by atoms with Crippen LogP contribution in [0.1, 0.15) is 18.1 Å². The number of alkyl halides is 3. The van der Waals surface area contributed by atoms with E-state index in [-0.39, 0.29) is 5.88 Å². The van der Waals surface area contributed by atoms with Gasteiger partial charge >= 0.3 is 6.18 Å². The number of nitriles is 1. The van der Waals surface area contributed by atoms with E-state index in [1.807, 2.05) is 54.3 Å². The molecule has 0 unspecified atom stereocenters. The minimum atomic E-state index is -4.39. The first kappa shape index (κ1) is 26.3. The predicted molar refractivity (Wildman–Crippen MR) is 152 cm³/mol. The van der Waals surface area contributed by atoms with Gasteiger partial charge in [-0.3, -0.25) is 0 Å². The number of anilines is 2. The van der Waals surface area contributed by atoms with Gasteiger partial charge in [0.25, 0.3) is 0 Å². The van der Waals surface area contributed by atoms with Crippen LogP contribution in [0.5, 0.6) is 5.88 Å². The Balaban J connectivity index is 1.40. The first-order valence-electron chi connectivity index (χ1n) is 13.3. The van der Waals surface area contributed by atoms with Gasteiger partial charge in [-0.1, -0.05) is 36.4 Å². The standard InChI is InChI=1S/C31H25F3N6O/c1-2-41-30-25(19-35)27(20-7-4-3-5-8-20)24-18-23-26(37-28(24)38-30)11-12-36-29(23)40-15-13-39(14-16-40)22-10-6-9-21(17-22)31(32,33)34/h3-12,17-18H,2,13-16H2,1H3. The van der Waals surface area contributed by atoms with Gasteiger partial charge in [-0.25, -0.2) is 9.97 Å². The molecule has 206 valence electrons. The van der Waals surface area contributed by atoms with Crippen LogP contribution in [-0.4, -0.2) is 47.7 Å². The van der Waals surface area contributed by atoms with Gasteiger partial charge in [0, 0.05) is 54.4 Å². The summed E-state index contributed by atoms with van der Waals surface area (Å²) in [5.41, 5.74) is 2.93. The molecule has 1 aliphatic heterocycles. The van der Waals surface area contributed by atoms with Crippen LogP contribution in [0.4, 0.5) is 24.7 Å². The third-order valence-corrected chi connectivity index (χ3v) is 7.22. The number of fused-ring (bicyclic) bond motifs is 2. The zero-order valence-electron chi connectivity index (χ0n) is 22.2. The number of halogens is 3. The third kappa shape index (κ3) is 4.95. The lowest BCUT2D eigenvalue weighted by atomic mass is 9.97. The van der Waals surface area contributed by atoms with E-state index >= 15 is 0 Å². The average molecular weight is 555 g/mol. The van der Waals surface area contributed by atoms with Crippen molar-refractivity contribution in [3.63, 3.8) is 0 Å². The van der Waals surface area contributed by atoms with Gasteiger partial charge in [-0.15, -0.1) is 0 Å². The molecule has 3 aromatic heterocycles. The fraction of sp³-hybridized carbons (Fsp3) is 0.226. The lowest BCUT2D eigenvalue weighted by molar-refractivity contribution is -0.137. The molecule has 0 aliphatic carbocycles. The van der Waals surface area contributed by atoms with Crippen molar-refractivity contribution in [1.29, 1.82) is 5.26 Å². The molecule has 7 nitrogen and oxygen atoms in total. The number of pyridine rings is 3. The molecule has 10 heteroatoms. The van der Waals surface area contributed by atoms with Crippen molar-refractivity contribution in [1.82, 2.24) is 15.0 Å². The van der Waals surface area contributed by atoms with Crippen molar-refractivity contribution in [3.8, 4) is 23.1 Å². The summed E-state index contributed by atoms with van der Waals surface area (Å²) in [4.78, 5) is 18.2. The molecule has 0 saturated carbocycles. The first-order chi connectivity index (χ1) is 19.9. The Kier molecular flexibility index (Phi) is 6.79. The Morgan fingerprint density at radius 1 is 0.902 bits per heavy atom. The van der Waals surface area contributed by atoms with Gasteiger partial charge < -0.3 is 14.5 Å². The SMILES string of the molecule is CCOc1nc2nc3ccnc(N4CCN(c5cccc(C(F)(F)F)c5)CC4)c3cc2c(-c2ccccc2)c1C#N. The summed E-state index contributed by atoms with van der Waals surface area (Å²) < 4.78 is 45.5. The number of hydrogen-bond acceptors (Lipinski definition) is 7. The molecular weight excluding hydrogens is 529 g/mol. The summed E-state index contributed by atoms with van der Waals surface area (Å²) >= 11 is 0. The van der Waals surface area contributed by atoms with Gasteiger partial charge in [0.2, 0.25) is 5.88 Å². The van der Waals surface area contributed by atoms with Crippen molar-refractivity contribution in [2.24, 2.45) is 0 Å². The molecule has 5 aromatic rings. The number of hydrogen-bond donors (Lipinski definition) is 0. The average Bonchev–Trinajstić information content (AvgIpc) is 2.99. The molecule has 41 heavy (non-hydrogen) atoms. The van der Waals surface area contributed by atoms with Crippen LogP contribution in [0.15, 0.2) is 72.9 Å². The molecule has 0 amide bonds. The van der Waals surface area contributed by atoms with Crippen molar-refractivity contribution >= 4 is 33.4 Å². The molecule has 1 saturated heterocycles. The quantitative estimate of drug-likeness (QED) is 0.231. The van der Waals surface area contributed by atoms with E-state index in [0.717, 1.165) is 22.8 Å². The summed E-state index contributed by atoms with van der Waals surface area (Å²) in [6, 6.07) is 21.1. The molecule has 0 atom stereocenters. The Bertz CT molecular complexity index is 1780. The van der Waals surface area contributed by atoms with E-state index in [9.17, 15) is 18.4 Å². The fourth-order valence-electron chi connectivity index (χ4n) is 5.29. The number of benzene rings is 2. The van der Waals surface area contributed by atoms with E-state index in [0.29, 0.717) is 66.2 Å².